The summed E-state index contributed by atoms with van der Waals surface area (Å²) in [4.78, 5) is 3.90. The van der Waals surface area contributed by atoms with E-state index in [1.165, 1.54) is 11.3 Å². The topological polar surface area (TPSA) is 22.1 Å². The summed E-state index contributed by atoms with van der Waals surface area (Å²) in [5.41, 5.74) is 3.68. The average Bonchev–Trinajstić information content (AvgIpc) is 2.18. The van der Waals surface area contributed by atoms with Gasteiger partial charge in [0.2, 0.25) is 0 Å². The van der Waals surface area contributed by atoms with Crippen molar-refractivity contribution in [2.45, 2.75) is 13.8 Å². The van der Waals surface area contributed by atoms with Crippen molar-refractivity contribution in [2.75, 3.05) is 6.61 Å². The zero-order valence-electron chi connectivity index (χ0n) is 5.47. The lowest BCUT2D eigenvalue weighted by molar-refractivity contribution is 0.347. The van der Waals surface area contributed by atoms with E-state index in [1.54, 1.807) is 0 Å². The molecule has 1 rings (SSSR count). The fraction of sp³-hybridized carbons (Fsp3) is 0.500. The summed E-state index contributed by atoms with van der Waals surface area (Å²) in [5.74, 6) is 0. The maximum atomic E-state index is 5.20. The highest BCUT2D eigenvalue weighted by atomic mass is 32.1. The van der Waals surface area contributed by atoms with Crippen LogP contribution < -0.4 is 4.74 Å². The van der Waals surface area contributed by atoms with E-state index in [0.29, 0.717) is 6.61 Å². The lowest BCUT2D eigenvalue weighted by Gasteiger charge is -1.96. The van der Waals surface area contributed by atoms with Gasteiger partial charge >= 0.3 is 0 Å². The molecule has 9 heavy (non-hydrogen) atoms. The predicted molar refractivity (Wildman–Crippen MR) is 36.9 cm³/mol. The molecule has 0 unspecified atom stereocenters. The predicted octanol–water partition coefficient (Wildman–Crippen LogP) is 1.65. The lowest BCUT2D eigenvalue weighted by Crippen LogP contribution is -1.89. The first-order chi connectivity index (χ1) is 4.34. The van der Waals surface area contributed by atoms with Crippen LogP contribution in [0, 0.1) is 12.4 Å². The molecule has 0 saturated carbocycles. The average molecular weight is 142 g/mol. The SMILES string of the molecule is CCOc1s[c]nc1C. The highest BCUT2D eigenvalue weighted by molar-refractivity contribution is 7.11. The van der Waals surface area contributed by atoms with Crippen molar-refractivity contribution >= 4 is 11.3 Å². The van der Waals surface area contributed by atoms with E-state index in [2.05, 4.69) is 10.5 Å². The van der Waals surface area contributed by atoms with Crippen LogP contribution in [0.3, 0.4) is 0 Å². The summed E-state index contributed by atoms with van der Waals surface area (Å²) in [6.07, 6.45) is 0. The summed E-state index contributed by atoms with van der Waals surface area (Å²) in [5, 5.41) is 0.887. The van der Waals surface area contributed by atoms with Crippen molar-refractivity contribution in [3.63, 3.8) is 0 Å². The van der Waals surface area contributed by atoms with E-state index >= 15 is 0 Å². The maximum absolute atomic E-state index is 5.20. The van der Waals surface area contributed by atoms with Gasteiger partial charge in [-0.2, -0.15) is 0 Å². The minimum atomic E-state index is 0.705. The standard InChI is InChI=1S/C6H8NOS/c1-3-8-6-5(2)7-4-9-6/h3H2,1-2H3. The summed E-state index contributed by atoms with van der Waals surface area (Å²) in [6.45, 7) is 4.58. The van der Waals surface area contributed by atoms with Gasteiger partial charge in [-0.15, -0.1) is 0 Å². The van der Waals surface area contributed by atoms with Crippen molar-refractivity contribution in [2.24, 2.45) is 0 Å². The van der Waals surface area contributed by atoms with Crippen LogP contribution in [0.25, 0.3) is 0 Å². The molecular weight excluding hydrogens is 134 g/mol. The van der Waals surface area contributed by atoms with E-state index in [1.807, 2.05) is 13.8 Å². The van der Waals surface area contributed by atoms with Crippen LogP contribution in [0.4, 0.5) is 0 Å². The molecule has 2 nitrogen and oxygen atoms in total. The molecule has 0 N–H and O–H groups in total. The first kappa shape index (κ1) is 6.55. The summed E-state index contributed by atoms with van der Waals surface area (Å²) < 4.78 is 5.20. The van der Waals surface area contributed by atoms with Crippen molar-refractivity contribution in [1.82, 2.24) is 4.98 Å². The molecular formula is C6H8NOS. The fourth-order valence-electron chi connectivity index (χ4n) is 0.517. The quantitative estimate of drug-likeness (QED) is 0.626. The van der Waals surface area contributed by atoms with Crippen LogP contribution in [0.2, 0.25) is 0 Å². The molecule has 0 spiro atoms. The zero-order valence-corrected chi connectivity index (χ0v) is 6.29. The van der Waals surface area contributed by atoms with E-state index in [4.69, 9.17) is 4.74 Å². The largest absolute Gasteiger partial charge is 0.483 e. The molecule has 0 saturated heterocycles. The Bertz CT molecular complexity index is 185. The van der Waals surface area contributed by atoms with E-state index < -0.39 is 0 Å². The Kier molecular flexibility index (Phi) is 2.05. The van der Waals surface area contributed by atoms with Gasteiger partial charge in [0.1, 0.15) is 0 Å². The molecule has 1 aromatic rings. The summed E-state index contributed by atoms with van der Waals surface area (Å²) in [7, 11) is 0. The first-order valence-corrected chi connectivity index (χ1v) is 3.62. The summed E-state index contributed by atoms with van der Waals surface area (Å²) >= 11 is 1.42. The van der Waals surface area contributed by atoms with Gasteiger partial charge in [-0.05, 0) is 13.8 Å². The smallest absolute Gasteiger partial charge is 0.197 e. The van der Waals surface area contributed by atoms with Gasteiger partial charge in [-0.1, -0.05) is 11.3 Å². The molecule has 0 bridgehead atoms. The highest BCUT2D eigenvalue weighted by Crippen LogP contribution is 2.20. The molecule has 0 atom stereocenters. The molecule has 0 aliphatic heterocycles. The van der Waals surface area contributed by atoms with E-state index in [-0.39, 0.29) is 0 Å². The number of aryl methyl sites for hydroxylation is 1. The molecule has 0 amide bonds. The van der Waals surface area contributed by atoms with Crippen molar-refractivity contribution in [3.05, 3.63) is 11.2 Å². The number of nitrogens with zero attached hydrogens (tertiary/aromatic N) is 1. The van der Waals surface area contributed by atoms with Crippen molar-refractivity contribution in [1.29, 1.82) is 0 Å². The monoisotopic (exact) mass is 142 g/mol. The molecule has 1 heterocycles. The Hall–Kier alpha value is -0.570. The molecule has 3 heteroatoms. The molecule has 49 valence electrons. The van der Waals surface area contributed by atoms with Crippen LogP contribution >= 0.6 is 11.3 Å². The normalized spacial score (nSPS) is 9.56. The van der Waals surface area contributed by atoms with Gasteiger partial charge in [-0.25, -0.2) is 4.98 Å². The number of thiazole rings is 1. The molecule has 0 aromatic carbocycles. The van der Waals surface area contributed by atoms with Gasteiger partial charge in [0, 0.05) is 0 Å². The number of hydrogen-bond acceptors (Lipinski definition) is 3. The second kappa shape index (κ2) is 2.82. The van der Waals surface area contributed by atoms with Gasteiger partial charge in [0.05, 0.1) is 12.3 Å². The molecule has 1 radical (unpaired) electrons. The Morgan fingerprint density at radius 1 is 1.78 bits per heavy atom. The Labute approximate surface area is 58.5 Å². The molecule has 0 aliphatic rings. The van der Waals surface area contributed by atoms with Gasteiger partial charge in [0.25, 0.3) is 0 Å². The number of hydrogen-bond donors (Lipinski definition) is 0. The van der Waals surface area contributed by atoms with E-state index in [9.17, 15) is 0 Å². The minimum Gasteiger partial charge on any atom is -0.483 e. The highest BCUT2D eigenvalue weighted by Gasteiger charge is 1.98. The van der Waals surface area contributed by atoms with Crippen LogP contribution in [0.1, 0.15) is 12.6 Å². The number of ether oxygens (including phenoxy) is 1. The van der Waals surface area contributed by atoms with Crippen LogP contribution in [0.5, 0.6) is 5.06 Å². The molecule has 0 fully saturated rings. The van der Waals surface area contributed by atoms with Crippen LogP contribution in [-0.4, -0.2) is 11.6 Å². The second-order valence-electron chi connectivity index (χ2n) is 1.61. The third-order valence-electron chi connectivity index (χ3n) is 0.923. The number of aromatic nitrogens is 1. The fourth-order valence-corrected chi connectivity index (χ4v) is 1.15. The number of rotatable bonds is 2. The zero-order chi connectivity index (χ0) is 6.69. The Morgan fingerprint density at radius 3 is 3.00 bits per heavy atom. The van der Waals surface area contributed by atoms with Crippen molar-refractivity contribution < 1.29 is 4.74 Å². The second-order valence-corrected chi connectivity index (χ2v) is 2.37. The van der Waals surface area contributed by atoms with Crippen LogP contribution in [-0.2, 0) is 0 Å². The third kappa shape index (κ3) is 1.42. The first-order valence-electron chi connectivity index (χ1n) is 2.81. The summed E-state index contributed by atoms with van der Waals surface area (Å²) in [6, 6.07) is 0. The molecule has 0 aliphatic carbocycles. The minimum absolute atomic E-state index is 0.705. The van der Waals surface area contributed by atoms with Gasteiger partial charge < -0.3 is 4.74 Å². The third-order valence-corrected chi connectivity index (χ3v) is 1.70. The van der Waals surface area contributed by atoms with Gasteiger partial charge in [0.15, 0.2) is 10.6 Å². The lowest BCUT2D eigenvalue weighted by atomic mass is 10.6. The van der Waals surface area contributed by atoms with Crippen molar-refractivity contribution in [3.8, 4) is 5.06 Å². The Morgan fingerprint density at radius 2 is 2.56 bits per heavy atom. The van der Waals surface area contributed by atoms with Gasteiger partial charge in [-0.3, -0.25) is 0 Å². The molecule has 1 aromatic heterocycles. The Balaban J connectivity index is 2.69. The van der Waals surface area contributed by atoms with E-state index in [0.717, 1.165) is 10.8 Å². The van der Waals surface area contributed by atoms with Crippen LogP contribution in [0.15, 0.2) is 0 Å². The maximum Gasteiger partial charge on any atom is 0.197 e.